The Kier molecular flexibility index (Phi) is 4.42. The fraction of sp³-hybridized carbons (Fsp3) is 0.368. The van der Waals surface area contributed by atoms with Crippen LogP contribution in [0.1, 0.15) is 47.0 Å². The first-order valence-corrected chi connectivity index (χ1v) is 8.35. The van der Waals surface area contributed by atoms with Gasteiger partial charge < -0.3 is 9.73 Å². The molecule has 1 N–H and O–H groups in total. The summed E-state index contributed by atoms with van der Waals surface area (Å²) in [4.78, 5) is 12.7. The fourth-order valence-electron chi connectivity index (χ4n) is 2.99. The van der Waals surface area contributed by atoms with Crippen LogP contribution in [-0.4, -0.2) is 15.7 Å². The largest absolute Gasteiger partial charge is 0.450 e. The molecular formula is C19H23N3O2. The summed E-state index contributed by atoms with van der Waals surface area (Å²) in [6, 6.07) is 5.88. The highest BCUT2D eigenvalue weighted by molar-refractivity contribution is 6.06. The van der Waals surface area contributed by atoms with Gasteiger partial charge in [-0.05, 0) is 38.3 Å². The monoisotopic (exact) mass is 325 g/mol. The third-order valence-electron chi connectivity index (χ3n) is 4.37. The highest BCUT2D eigenvalue weighted by atomic mass is 16.3. The van der Waals surface area contributed by atoms with Gasteiger partial charge in [-0.1, -0.05) is 25.5 Å². The smallest absolute Gasteiger partial charge is 0.292 e. The molecule has 1 amide bonds. The molecule has 0 saturated carbocycles. The molecule has 5 heteroatoms. The predicted molar refractivity (Wildman–Crippen MR) is 95.5 cm³/mol. The summed E-state index contributed by atoms with van der Waals surface area (Å²) >= 11 is 0. The highest BCUT2D eigenvalue weighted by Gasteiger charge is 2.21. The summed E-state index contributed by atoms with van der Waals surface area (Å²) in [5, 5.41) is 8.22. The highest BCUT2D eigenvalue weighted by Crippen LogP contribution is 2.31. The zero-order valence-corrected chi connectivity index (χ0v) is 14.6. The number of fused-ring (bicyclic) bond motifs is 1. The lowest BCUT2D eigenvalue weighted by molar-refractivity contribution is 0.0997. The lowest BCUT2D eigenvalue weighted by Crippen LogP contribution is -2.16. The van der Waals surface area contributed by atoms with Crippen LogP contribution in [0.5, 0.6) is 0 Å². The van der Waals surface area contributed by atoms with Crippen molar-refractivity contribution in [1.82, 2.24) is 9.78 Å². The van der Waals surface area contributed by atoms with Crippen LogP contribution in [0.25, 0.3) is 11.0 Å². The van der Waals surface area contributed by atoms with Crippen LogP contribution in [0.15, 0.2) is 28.8 Å². The number of hydrogen-bond acceptors (Lipinski definition) is 3. The van der Waals surface area contributed by atoms with Crippen molar-refractivity contribution in [3.63, 3.8) is 0 Å². The fourth-order valence-corrected chi connectivity index (χ4v) is 2.99. The first-order chi connectivity index (χ1) is 11.5. The van der Waals surface area contributed by atoms with E-state index in [1.54, 1.807) is 6.20 Å². The van der Waals surface area contributed by atoms with Crippen molar-refractivity contribution in [2.45, 2.75) is 47.1 Å². The molecule has 0 saturated heterocycles. The average Bonchev–Trinajstić information content (AvgIpc) is 3.14. The van der Waals surface area contributed by atoms with Crippen molar-refractivity contribution in [2.24, 2.45) is 0 Å². The van der Waals surface area contributed by atoms with Crippen LogP contribution in [0.3, 0.4) is 0 Å². The molecule has 0 aliphatic rings. The Morgan fingerprint density at radius 3 is 2.67 bits per heavy atom. The summed E-state index contributed by atoms with van der Waals surface area (Å²) in [5.41, 5.74) is 3.81. The van der Waals surface area contributed by atoms with Crippen LogP contribution in [-0.2, 0) is 6.54 Å². The molecule has 1 aromatic carbocycles. The van der Waals surface area contributed by atoms with Crippen molar-refractivity contribution in [2.75, 3.05) is 5.32 Å². The number of nitrogens with one attached hydrogen (secondary N) is 1. The van der Waals surface area contributed by atoms with E-state index in [9.17, 15) is 4.79 Å². The molecule has 5 nitrogen and oxygen atoms in total. The van der Waals surface area contributed by atoms with E-state index in [-0.39, 0.29) is 5.91 Å². The van der Waals surface area contributed by atoms with E-state index < -0.39 is 0 Å². The van der Waals surface area contributed by atoms with Crippen LogP contribution in [0.2, 0.25) is 0 Å². The van der Waals surface area contributed by atoms with E-state index in [0.29, 0.717) is 11.6 Å². The molecular weight excluding hydrogens is 302 g/mol. The molecule has 0 bridgehead atoms. The Hall–Kier alpha value is -2.56. The van der Waals surface area contributed by atoms with E-state index in [1.807, 2.05) is 37.6 Å². The summed E-state index contributed by atoms with van der Waals surface area (Å²) in [5.74, 6) is 0.827. The number of aryl methyl sites for hydroxylation is 4. The Bertz CT molecular complexity index is 890. The van der Waals surface area contributed by atoms with Gasteiger partial charge in [0.25, 0.3) is 5.91 Å². The number of aromatic nitrogens is 2. The molecule has 0 spiro atoms. The lowest BCUT2D eigenvalue weighted by Gasteiger charge is -2.07. The maximum absolute atomic E-state index is 12.7. The third kappa shape index (κ3) is 2.82. The minimum absolute atomic E-state index is 0.235. The first-order valence-electron chi connectivity index (χ1n) is 8.35. The number of anilines is 1. The van der Waals surface area contributed by atoms with E-state index >= 15 is 0 Å². The Morgan fingerprint density at radius 1 is 1.21 bits per heavy atom. The summed E-state index contributed by atoms with van der Waals surface area (Å²) in [7, 11) is 0. The number of amides is 1. The van der Waals surface area contributed by atoms with Crippen molar-refractivity contribution in [1.29, 1.82) is 0 Å². The van der Waals surface area contributed by atoms with E-state index in [2.05, 4.69) is 23.4 Å². The Labute approximate surface area is 141 Å². The van der Waals surface area contributed by atoms with E-state index in [0.717, 1.165) is 47.0 Å². The number of hydrogen-bond donors (Lipinski definition) is 1. The van der Waals surface area contributed by atoms with Gasteiger partial charge in [0.05, 0.1) is 6.20 Å². The zero-order chi connectivity index (χ0) is 17.3. The van der Waals surface area contributed by atoms with Gasteiger partial charge in [-0.15, -0.1) is 0 Å². The number of furan rings is 1. The summed E-state index contributed by atoms with van der Waals surface area (Å²) in [6.07, 6.45) is 3.80. The molecule has 126 valence electrons. The molecule has 0 atom stereocenters. The molecule has 0 fully saturated rings. The minimum atomic E-state index is -0.235. The minimum Gasteiger partial charge on any atom is -0.450 e. The van der Waals surface area contributed by atoms with Crippen molar-refractivity contribution in [3.05, 3.63) is 46.8 Å². The van der Waals surface area contributed by atoms with Gasteiger partial charge >= 0.3 is 0 Å². The van der Waals surface area contributed by atoms with Crippen LogP contribution < -0.4 is 5.32 Å². The van der Waals surface area contributed by atoms with Crippen molar-refractivity contribution < 1.29 is 9.21 Å². The molecule has 0 radical (unpaired) electrons. The van der Waals surface area contributed by atoms with Crippen molar-refractivity contribution >= 4 is 22.7 Å². The second-order valence-electron chi connectivity index (χ2n) is 6.21. The number of carbonyl (C=O) groups is 1. The maximum atomic E-state index is 12.7. The van der Waals surface area contributed by atoms with Gasteiger partial charge in [-0.25, -0.2) is 4.68 Å². The number of benzene rings is 1. The number of nitrogens with zero attached hydrogens (tertiary/aromatic N) is 2. The third-order valence-corrected chi connectivity index (χ3v) is 4.37. The molecule has 2 aromatic heterocycles. The van der Waals surface area contributed by atoms with Gasteiger partial charge in [0.2, 0.25) is 0 Å². The molecule has 0 aliphatic carbocycles. The number of unbranched alkanes of at least 4 members (excludes halogenated alkanes) is 1. The van der Waals surface area contributed by atoms with Crippen molar-refractivity contribution in [3.8, 4) is 0 Å². The molecule has 0 aliphatic heterocycles. The molecule has 3 aromatic rings. The Morgan fingerprint density at radius 2 is 1.96 bits per heavy atom. The normalized spacial score (nSPS) is 11.2. The molecule has 2 heterocycles. The van der Waals surface area contributed by atoms with Gasteiger partial charge in [0.15, 0.2) is 5.76 Å². The van der Waals surface area contributed by atoms with Crippen LogP contribution in [0, 0.1) is 20.8 Å². The van der Waals surface area contributed by atoms with E-state index in [1.165, 1.54) is 0 Å². The van der Waals surface area contributed by atoms with Crippen LogP contribution >= 0.6 is 0 Å². The second-order valence-corrected chi connectivity index (χ2v) is 6.21. The van der Waals surface area contributed by atoms with Gasteiger partial charge in [0, 0.05) is 23.6 Å². The topological polar surface area (TPSA) is 60.1 Å². The number of rotatable bonds is 5. The average molecular weight is 325 g/mol. The second kappa shape index (κ2) is 6.51. The standard InChI is InChI=1S/C19H23N3O2/c1-5-6-11-22-15(9-10-20-22)21-19(23)18-14(4)16-12(2)7-8-13(3)17(16)24-18/h7-10H,5-6,11H2,1-4H3,(H,21,23). The summed E-state index contributed by atoms with van der Waals surface area (Å²) < 4.78 is 7.72. The van der Waals surface area contributed by atoms with Gasteiger partial charge in [-0.3, -0.25) is 4.79 Å². The molecule has 3 rings (SSSR count). The van der Waals surface area contributed by atoms with Gasteiger partial charge in [-0.2, -0.15) is 5.10 Å². The molecule has 24 heavy (non-hydrogen) atoms. The van der Waals surface area contributed by atoms with Gasteiger partial charge in [0.1, 0.15) is 11.4 Å². The quantitative estimate of drug-likeness (QED) is 0.745. The lowest BCUT2D eigenvalue weighted by atomic mass is 10.0. The predicted octanol–water partition coefficient (Wildman–Crippen LogP) is 4.61. The SMILES string of the molecule is CCCCn1nccc1NC(=O)c1oc2c(C)ccc(C)c2c1C. The van der Waals surface area contributed by atoms with Crippen LogP contribution in [0.4, 0.5) is 5.82 Å². The molecule has 0 unspecified atom stereocenters. The Balaban J connectivity index is 1.93. The number of carbonyl (C=O) groups excluding carboxylic acids is 1. The summed E-state index contributed by atoms with van der Waals surface area (Å²) in [6.45, 7) is 8.88. The van der Waals surface area contributed by atoms with E-state index in [4.69, 9.17) is 4.42 Å². The maximum Gasteiger partial charge on any atom is 0.292 e. The zero-order valence-electron chi connectivity index (χ0n) is 14.6. The first kappa shape index (κ1) is 16.3.